The van der Waals surface area contributed by atoms with Gasteiger partial charge in [0.05, 0.1) is 17.7 Å². The highest BCUT2D eigenvalue weighted by atomic mass is 16.5. The number of ether oxygens (including phenoxy) is 1. The summed E-state index contributed by atoms with van der Waals surface area (Å²) in [6.07, 6.45) is 0.961. The molecule has 0 saturated carbocycles. The Labute approximate surface area is 108 Å². The Kier molecular flexibility index (Phi) is 3.94. The predicted octanol–water partition coefficient (Wildman–Crippen LogP) is 2.97. The summed E-state index contributed by atoms with van der Waals surface area (Å²) < 4.78 is 5.41. The molecule has 0 radical (unpaired) electrons. The summed E-state index contributed by atoms with van der Waals surface area (Å²) in [5.74, 6) is 0. The van der Waals surface area contributed by atoms with E-state index >= 15 is 0 Å². The molecule has 2 rings (SSSR count). The Bertz CT molecular complexity index is 535. The van der Waals surface area contributed by atoms with Gasteiger partial charge in [-0.15, -0.1) is 0 Å². The van der Waals surface area contributed by atoms with Gasteiger partial charge in [-0.3, -0.25) is 4.98 Å². The summed E-state index contributed by atoms with van der Waals surface area (Å²) in [5, 5.41) is 1.12. The van der Waals surface area contributed by atoms with E-state index in [4.69, 9.17) is 10.5 Å². The molecule has 1 aromatic carbocycles. The molecule has 1 aromatic heterocycles. The van der Waals surface area contributed by atoms with Crippen LogP contribution in [-0.2, 0) is 4.74 Å². The predicted molar refractivity (Wildman–Crippen MR) is 74.5 cm³/mol. The highest BCUT2D eigenvalue weighted by Crippen LogP contribution is 2.22. The fraction of sp³-hybridized carbons (Fsp3) is 0.400. The monoisotopic (exact) mass is 244 g/mol. The van der Waals surface area contributed by atoms with Gasteiger partial charge in [0.2, 0.25) is 0 Å². The molecule has 3 nitrogen and oxygen atoms in total. The largest absolute Gasteiger partial charge is 0.379 e. The number of rotatable bonds is 4. The average molecular weight is 244 g/mol. The highest BCUT2D eigenvalue weighted by Gasteiger charge is 2.17. The zero-order chi connectivity index (χ0) is 13.1. The summed E-state index contributed by atoms with van der Waals surface area (Å²) in [6.45, 7) is 4.08. The lowest BCUT2D eigenvalue weighted by molar-refractivity contribution is 0.0772. The van der Waals surface area contributed by atoms with Crippen LogP contribution in [0.3, 0.4) is 0 Å². The second kappa shape index (κ2) is 5.46. The molecule has 1 heterocycles. The van der Waals surface area contributed by atoms with Crippen LogP contribution in [0.4, 0.5) is 0 Å². The van der Waals surface area contributed by atoms with Crippen molar-refractivity contribution < 1.29 is 4.74 Å². The summed E-state index contributed by atoms with van der Waals surface area (Å²) in [4.78, 5) is 4.49. The summed E-state index contributed by atoms with van der Waals surface area (Å²) >= 11 is 0. The topological polar surface area (TPSA) is 48.1 Å². The first kappa shape index (κ1) is 13.0. The van der Waals surface area contributed by atoms with Crippen LogP contribution in [0.1, 0.15) is 30.6 Å². The van der Waals surface area contributed by atoms with Crippen molar-refractivity contribution in [1.82, 2.24) is 4.98 Å². The lowest BCUT2D eigenvalue weighted by Crippen LogP contribution is -2.27. The quantitative estimate of drug-likeness (QED) is 0.899. The third kappa shape index (κ3) is 2.52. The van der Waals surface area contributed by atoms with E-state index < -0.39 is 0 Å². The van der Waals surface area contributed by atoms with E-state index in [2.05, 4.69) is 24.0 Å². The van der Waals surface area contributed by atoms with Crippen LogP contribution in [0.15, 0.2) is 30.3 Å². The lowest BCUT2D eigenvalue weighted by Gasteiger charge is -2.21. The van der Waals surface area contributed by atoms with Crippen LogP contribution in [-0.4, -0.2) is 18.2 Å². The standard InChI is InChI=1S/C15H20N2O/c1-4-14(18-3)15(16)12-7-8-13-11(9-12)6-5-10(2)17-13/h5-9,14-15H,4,16H2,1-3H3. The summed E-state index contributed by atoms with van der Waals surface area (Å²) in [6, 6.07) is 10.2. The second-order valence-electron chi connectivity index (χ2n) is 4.61. The van der Waals surface area contributed by atoms with Gasteiger partial charge in [-0.1, -0.05) is 19.1 Å². The Balaban J connectivity index is 2.37. The second-order valence-corrected chi connectivity index (χ2v) is 4.61. The highest BCUT2D eigenvalue weighted by molar-refractivity contribution is 5.79. The van der Waals surface area contributed by atoms with Crippen LogP contribution in [0.25, 0.3) is 10.9 Å². The van der Waals surface area contributed by atoms with E-state index in [0.29, 0.717) is 0 Å². The number of aromatic nitrogens is 1. The van der Waals surface area contributed by atoms with Crippen LogP contribution in [0.5, 0.6) is 0 Å². The van der Waals surface area contributed by atoms with Gasteiger partial charge in [-0.05, 0) is 37.1 Å². The van der Waals surface area contributed by atoms with Crippen LogP contribution >= 0.6 is 0 Å². The molecule has 0 amide bonds. The molecule has 0 spiro atoms. The van der Waals surface area contributed by atoms with Crippen molar-refractivity contribution in [1.29, 1.82) is 0 Å². The molecule has 0 aliphatic rings. The Hall–Kier alpha value is -1.45. The van der Waals surface area contributed by atoms with Gasteiger partial charge in [-0.2, -0.15) is 0 Å². The van der Waals surface area contributed by atoms with Gasteiger partial charge in [0.15, 0.2) is 0 Å². The first-order valence-corrected chi connectivity index (χ1v) is 6.31. The first-order valence-electron chi connectivity index (χ1n) is 6.31. The number of nitrogens with zero attached hydrogens (tertiary/aromatic N) is 1. The molecule has 0 aliphatic carbocycles. The minimum absolute atomic E-state index is 0.0563. The van der Waals surface area contributed by atoms with E-state index in [-0.39, 0.29) is 12.1 Å². The maximum absolute atomic E-state index is 6.24. The smallest absolute Gasteiger partial charge is 0.0761 e. The van der Waals surface area contributed by atoms with E-state index in [1.807, 2.05) is 25.1 Å². The lowest BCUT2D eigenvalue weighted by atomic mass is 9.99. The minimum Gasteiger partial charge on any atom is -0.379 e. The van der Waals surface area contributed by atoms with Gasteiger partial charge in [0.25, 0.3) is 0 Å². The molecule has 0 aliphatic heterocycles. The fourth-order valence-corrected chi connectivity index (χ4v) is 2.24. The Morgan fingerprint density at radius 1 is 1.28 bits per heavy atom. The molecule has 2 atom stereocenters. The van der Waals surface area contributed by atoms with Gasteiger partial charge < -0.3 is 10.5 Å². The summed E-state index contributed by atoms with van der Waals surface area (Å²) in [7, 11) is 1.71. The van der Waals surface area contributed by atoms with E-state index in [0.717, 1.165) is 28.6 Å². The number of benzene rings is 1. The molecule has 2 aromatic rings. The molecule has 0 fully saturated rings. The van der Waals surface area contributed by atoms with Crippen LogP contribution in [0, 0.1) is 6.92 Å². The number of methoxy groups -OCH3 is 1. The first-order chi connectivity index (χ1) is 8.65. The van der Waals surface area contributed by atoms with Crippen molar-refractivity contribution in [3.8, 4) is 0 Å². The summed E-state index contributed by atoms with van der Waals surface area (Å²) in [5.41, 5.74) is 9.38. The zero-order valence-electron chi connectivity index (χ0n) is 11.2. The van der Waals surface area contributed by atoms with E-state index in [9.17, 15) is 0 Å². The molecule has 3 heteroatoms. The number of aryl methyl sites for hydroxylation is 1. The van der Waals surface area contributed by atoms with Crippen LogP contribution < -0.4 is 5.73 Å². The molecule has 0 saturated heterocycles. The maximum atomic E-state index is 6.24. The average Bonchev–Trinajstić information content (AvgIpc) is 2.39. The van der Waals surface area contributed by atoms with Crippen molar-refractivity contribution in [2.24, 2.45) is 5.73 Å². The van der Waals surface area contributed by atoms with Crippen molar-refractivity contribution in [3.05, 3.63) is 41.6 Å². The molecule has 2 N–H and O–H groups in total. The SMILES string of the molecule is CCC(OC)C(N)c1ccc2nc(C)ccc2c1. The van der Waals surface area contributed by atoms with Crippen molar-refractivity contribution in [2.75, 3.05) is 7.11 Å². The molecule has 96 valence electrons. The number of fused-ring (bicyclic) bond motifs is 1. The van der Waals surface area contributed by atoms with Crippen LogP contribution in [0.2, 0.25) is 0 Å². The maximum Gasteiger partial charge on any atom is 0.0761 e. The zero-order valence-corrected chi connectivity index (χ0v) is 11.2. The number of pyridine rings is 1. The van der Waals surface area contributed by atoms with Crippen molar-refractivity contribution in [2.45, 2.75) is 32.4 Å². The van der Waals surface area contributed by atoms with Gasteiger partial charge in [0.1, 0.15) is 0 Å². The van der Waals surface area contributed by atoms with Gasteiger partial charge in [-0.25, -0.2) is 0 Å². The van der Waals surface area contributed by atoms with Gasteiger partial charge >= 0.3 is 0 Å². The van der Waals surface area contributed by atoms with E-state index in [1.54, 1.807) is 7.11 Å². The van der Waals surface area contributed by atoms with Crippen molar-refractivity contribution in [3.63, 3.8) is 0 Å². The number of hydrogen-bond acceptors (Lipinski definition) is 3. The normalized spacial score (nSPS) is 14.7. The molecular formula is C15H20N2O. The Morgan fingerprint density at radius 2 is 2.06 bits per heavy atom. The fourth-order valence-electron chi connectivity index (χ4n) is 2.24. The molecule has 18 heavy (non-hydrogen) atoms. The number of nitrogens with two attached hydrogens (primary N) is 1. The molecule has 0 bridgehead atoms. The van der Waals surface area contributed by atoms with Crippen molar-refractivity contribution >= 4 is 10.9 Å². The minimum atomic E-state index is -0.0919. The molecule has 2 unspecified atom stereocenters. The molecular weight excluding hydrogens is 224 g/mol. The van der Waals surface area contributed by atoms with Gasteiger partial charge in [0, 0.05) is 18.2 Å². The van der Waals surface area contributed by atoms with E-state index in [1.165, 1.54) is 0 Å². The third-order valence-corrected chi connectivity index (χ3v) is 3.34. The Morgan fingerprint density at radius 3 is 2.72 bits per heavy atom. The number of hydrogen-bond donors (Lipinski definition) is 1. The third-order valence-electron chi connectivity index (χ3n) is 3.34.